The quantitative estimate of drug-likeness (QED) is 0.597. The molecule has 1 atom stereocenters. The van der Waals surface area contributed by atoms with E-state index >= 15 is 0 Å². The Bertz CT molecular complexity index is 578. The van der Waals surface area contributed by atoms with Crippen molar-refractivity contribution >= 4 is 11.3 Å². The van der Waals surface area contributed by atoms with Crippen LogP contribution in [0.2, 0.25) is 0 Å². The highest BCUT2D eigenvalue weighted by molar-refractivity contribution is 5.68. The molecule has 2 heterocycles. The number of rotatable bonds is 3. The zero-order valence-electron chi connectivity index (χ0n) is 9.20. The first kappa shape index (κ1) is 11.5. The molecule has 0 aliphatic heterocycles. The monoisotopic (exact) mass is 236 g/mol. The number of nitro groups is 1. The summed E-state index contributed by atoms with van der Waals surface area (Å²) in [7, 11) is 0. The van der Waals surface area contributed by atoms with E-state index < -0.39 is 11.0 Å². The Kier molecular flexibility index (Phi) is 2.78. The molecule has 0 saturated carbocycles. The Labute approximate surface area is 96.7 Å². The lowest BCUT2D eigenvalue weighted by Gasteiger charge is -2.09. The second-order valence-electron chi connectivity index (χ2n) is 3.71. The minimum absolute atomic E-state index is 0.234. The number of fused-ring (bicyclic) bond motifs is 1. The van der Waals surface area contributed by atoms with Gasteiger partial charge in [0.1, 0.15) is 0 Å². The maximum absolute atomic E-state index is 10.9. The van der Waals surface area contributed by atoms with Gasteiger partial charge in [0, 0.05) is 18.7 Å². The predicted octanol–water partition coefficient (Wildman–Crippen LogP) is 0.543. The molecule has 2 aromatic rings. The molecule has 0 radical (unpaired) electrons. The summed E-state index contributed by atoms with van der Waals surface area (Å²) in [4.78, 5) is 14.3. The van der Waals surface area contributed by atoms with E-state index in [1.165, 1.54) is 0 Å². The highest BCUT2D eigenvalue weighted by Gasteiger charge is 2.24. The fourth-order valence-corrected chi connectivity index (χ4v) is 1.82. The zero-order valence-corrected chi connectivity index (χ0v) is 9.20. The van der Waals surface area contributed by atoms with Gasteiger partial charge in [-0.2, -0.15) is 0 Å². The van der Waals surface area contributed by atoms with Gasteiger partial charge >= 0.3 is 5.82 Å². The molecule has 1 unspecified atom stereocenters. The Morgan fingerprint density at radius 2 is 2.41 bits per heavy atom. The van der Waals surface area contributed by atoms with Gasteiger partial charge in [-0.25, -0.2) is 0 Å². The number of aliphatic hydroxyl groups excluding tert-OH is 1. The molecular weight excluding hydrogens is 224 g/mol. The summed E-state index contributed by atoms with van der Waals surface area (Å²) >= 11 is 0. The maximum atomic E-state index is 10.9. The van der Waals surface area contributed by atoms with Crippen LogP contribution in [-0.2, 0) is 0 Å². The van der Waals surface area contributed by atoms with Crippen LogP contribution < -0.4 is 5.73 Å². The Hall–Kier alpha value is -1.99. The Balaban J connectivity index is 2.81. The van der Waals surface area contributed by atoms with E-state index in [9.17, 15) is 10.1 Å². The molecule has 90 valence electrons. The number of nitrogens with zero attached hydrogens (tertiary/aromatic N) is 3. The van der Waals surface area contributed by atoms with Crippen molar-refractivity contribution in [3.63, 3.8) is 0 Å². The van der Waals surface area contributed by atoms with E-state index in [0.717, 1.165) is 0 Å². The van der Waals surface area contributed by atoms with Gasteiger partial charge in [0.15, 0.2) is 5.52 Å². The normalized spacial score (nSPS) is 12.9. The van der Waals surface area contributed by atoms with E-state index in [1.54, 1.807) is 29.7 Å². The van der Waals surface area contributed by atoms with E-state index in [2.05, 4.69) is 4.98 Å². The molecule has 0 fully saturated rings. The average Bonchev–Trinajstić information content (AvgIpc) is 2.66. The molecule has 7 heteroatoms. The predicted molar refractivity (Wildman–Crippen MR) is 60.6 cm³/mol. The van der Waals surface area contributed by atoms with Crippen LogP contribution in [-0.4, -0.2) is 26.0 Å². The first-order chi connectivity index (χ1) is 8.06. The molecule has 0 aromatic carbocycles. The topological polar surface area (TPSA) is 107 Å². The van der Waals surface area contributed by atoms with Gasteiger partial charge < -0.3 is 21.0 Å². The summed E-state index contributed by atoms with van der Waals surface area (Å²) in [5, 5.41) is 20.0. The van der Waals surface area contributed by atoms with Crippen LogP contribution in [0.4, 0.5) is 5.82 Å². The molecule has 0 bridgehead atoms. The lowest BCUT2D eigenvalue weighted by Crippen LogP contribution is -2.15. The largest absolute Gasteiger partial charge is 0.394 e. The number of imidazole rings is 1. The molecular formula is C10H12N4O3. The SMILES string of the molecule is Cc1nc([N+](=O)[O-])c2c(C(N)CO)cccn12. The van der Waals surface area contributed by atoms with Gasteiger partial charge in [0.05, 0.1) is 12.6 Å². The van der Waals surface area contributed by atoms with E-state index in [-0.39, 0.29) is 12.4 Å². The van der Waals surface area contributed by atoms with Gasteiger partial charge in [-0.05, 0) is 16.0 Å². The number of hydrogen-bond donors (Lipinski definition) is 2. The van der Waals surface area contributed by atoms with Crippen molar-refractivity contribution in [2.24, 2.45) is 5.73 Å². The Morgan fingerprint density at radius 1 is 1.71 bits per heavy atom. The molecule has 0 aliphatic carbocycles. The van der Waals surface area contributed by atoms with Crippen molar-refractivity contribution < 1.29 is 10.0 Å². The summed E-state index contributed by atoms with van der Waals surface area (Å²) < 4.78 is 1.60. The van der Waals surface area contributed by atoms with E-state index in [0.29, 0.717) is 16.9 Å². The summed E-state index contributed by atoms with van der Waals surface area (Å²) in [6.07, 6.45) is 1.68. The van der Waals surface area contributed by atoms with Crippen LogP contribution >= 0.6 is 0 Å². The van der Waals surface area contributed by atoms with Gasteiger partial charge in [0.25, 0.3) is 0 Å². The van der Waals surface area contributed by atoms with Gasteiger partial charge in [-0.1, -0.05) is 6.07 Å². The second kappa shape index (κ2) is 4.11. The number of pyridine rings is 1. The van der Waals surface area contributed by atoms with Gasteiger partial charge in [0.2, 0.25) is 5.82 Å². The fraction of sp³-hybridized carbons (Fsp3) is 0.300. The molecule has 0 amide bonds. The smallest absolute Gasteiger partial charge is 0.390 e. The van der Waals surface area contributed by atoms with Crippen LogP contribution in [0, 0.1) is 17.0 Å². The average molecular weight is 236 g/mol. The first-order valence-electron chi connectivity index (χ1n) is 5.04. The summed E-state index contributed by atoms with van der Waals surface area (Å²) in [6.45, 7) is 1.40. The van der Waals surface area contributed by atoms with Crippen molar-refractivity contribution in [1.82, 2.24) is 9.38 Å². The number of aryl methyl sites for hydroxylation is 1. The van der Waals surface area contributed by atoms with Crippen LogP contribution in [0.3, 0.4) is 0 Å². The van der Waals surface area contributed by atoms with Crippen molar-refractivity contribution in [3.8, 4) is 0 Å². The molecule has 7 nitrogen and oxygen atoms in total. The molecule has 0 aliphatic rings. The van der Waals surface area contributed by atoms with Crippen molar-refractivity contribution in [3.05, 3.63) is 39.8 Å². The van der Waals surface area contributed by atoms with Crippen LogP contribution in [0.5, 0.6) is 0 Å². The highest BCUT2D eigenvalue weighted by atomic mass is 16.6. The number of aromatic nitrogens is 2. The number of aliphatic hydroxyl groups is 1. The van der Waals surface area contributed by atoms with E-state index in [1.807, 2.05) is 0 Å². The van der Waals surface area contributed by atoms with Crippen LogP contribution in [0.15, 0.2) is 18.3 Å². The highest BCUT2D eigenvalue weighted by Crippen LogP contribution is 2.26. The molecule has 0 saturated heterocycles. The summed E-state index contributed by atoms with van der Waals surface area (Å²) in [6, 6.07) is 2.72. The van der Waals surface area contributed by atoms with Crippen molar-refractivity contribution in [2.45, 2.75) is 13.0 Å². The summed E-state index contributed by atoms with van der Waals surface area (Å²) in [5.41, 5.74) is 6.58. The first-order valence-corrected chi connectivity index (χ1v) is 5.04. The standard InChI is InChI=1S/C10H12N4O3/c1-6-12-10(14(16)17)9-7(8(11)5-15)3-2-4-13(6)9/h2-4,8,15H,5,11H2,1H3. The summed E-state index contributed by atoms with van der Waals surface area (Å²) in [5.74, 6) is 0.278. The number of hydrogen-bond acceptors (Lipinski definition) is 5. The molecule has 2 rings (SSSR count). The lowest BCUT2D eigenvalue weighted by atomic mass is 10.1. The molecule has 3 N–H and O–H groups in total. The third-order valence-corrected chi connectivity index (χ3v) is 2.62. The van der Waals surface area contributed by atoms with Gasteiger partial charge in [-0.15, -0.1) is 0 Å². The second-order valence-corrected chi connectivity index (χ2v) is 3.71. The maximum Gasteiger partial charge on any atom is 0.390 e. The van der Waals surface area contributed by atoms with Crippen molar-refractivity contribution in [2.75, 3.05) is 6.61 Å². The minimum atomic E-state index is -0.659. The minimum Gasteiger partial charge on any atom is -0.394 e. The molecule has 2 aromatic heterocycles. The number of nitrogens with two attached hydrogens (primary N) is 1. The molecule has 0 spiro atoms. The Morgan fingerprint density at radius 3 is 3.00 bits per heavy atom. The van der Waals surface area contributed by atoms with Crippen LogP contribution in [0.1, 0.15) is 17.4 Å². The zero-order chi connectivity index (χ0) is 12.6. The van der Waals surface area contributed by atoms with Crippen LogP contribution in [0.25, 0.3) is 5.52 Å². The van der Waals surface area contributed by atoms with E-state index in [4.69, 9.17) is 10.8 Å². The fourth-order valence-electron chi connectivity index (χ4n) is 1.82. The van der Waals surface area contributed by atoms with Crippen molar-refractivity contribution in [1.29, 1.82) is 0 Å². The lowest BCUT2D eigenvalue weighted by molar-refractivity contribution is -0.387. The third kappa shape index (κ3) is 1.75. The third-order valence-electron chi connectivity index (χ3n) is 2.62. The molecule has 17 heavy (non-hydrogen) atoms. The van der Waals surface area contributed by atoms with Gasteiger partial charge in [-0.3, -0.25) is 4.40 Å².